The minimum Gasteiger partial charge on any atom is -0.497 e. The number of ether oxygens (including phenoxy) is 1. The molecule has 0 aliphatic carbocycles. The average Bonchev–Trinajstić information content (AvgIpc) is 2.45. The van der Waals surface area contributed by atoms with E-state index < -0.39 is 0 Å². The Balaban J connectivity index is 2.10. The number of anilines is 1. The van der Waals surface area contributed by atoms with Gasteiger partial charge in [0.1, 0.15) is 5.75 Å². The molecule has 0 aliphatic heterocycles. The molecule has 2 aromatic rings. The summed E-state index contributed by atoms with van der Waals surface area (Å²) in [6, 6.07) is 16.7. The van der Waals surface area contributed by atoms with Crippen LogP contribution in [0.1, 0.15) is 31.9 Å². The van der Waals surface area contributed by atoms with Crippen molar-refractivity contribution in [3.8, 4) is 5.75 Å². The van der Waals surface area contributed by atoms with Crippen molar-refractivity contribution in [3.05, 3.63) is 59.7 Å². The third-order valence-electron chi connectivity index (χ3n) is 3.38. The van der Waals surface area contributed by atoms with E-state index in [4.69, 9.17) is 4.74 Å². The number of nitrogens with one attached hydrogen (secondary N) is 1. The SMILES string of the molecule is COc1ccc(CNc2ccccc2C(C)(C)C)cc1. The number of hydrogen-bond acceptors (Lipinski definition) is 2. The van der Waals surface area contributed by atoms with Gasteiger partial charge in [-0.1, -0.05) is 51.1 Å². The van der Waals surface area contributed by atoms with Gasteiger partial charge in [0, 0.05) is 12.2 Å². The number of methoxy groups -OCH3 is 1. The van der Waals surface area contributed by atoms with Crippen LogP contribution < -0.4 is 10.1 Å². The first kappa shape index (κ1) is 14.4. The highest BCUT2D eigenvalue weighted by molar-refractivity contribution is 5.54. The van der Waals surface area contributed by atoms with Crippen molar-refractivity contribution in [2.24, 2.45) is 0 Å². The zero-order chi connectivity index (χ0) is 14.6. The maximum Gasteiger partial charge on any atom is 0.118 e. The third kappa shape index (κ3) is 3.53. The van der Waals surface area contributed by atoms with Crippen LogP contribution >= 0.6 is 0 Å². The standard InChI is InChI=1S/C18H23NO/c1-18(2,3)16-7-5-6-8-17(16)19-13-14-9-11-15(20-4)12-10-14/h5-12,19H,13H2,1-4H3. The number of hydrogen-bond donors (Lipinski definition) is 1. The lowest BCUT2D eigenvalue weighted by atomic mass is 9.86. The first-order valence-corrected chi connectivity index (χ1v) is 6.97. The number of para-hydroxylation sites is 1. The first-order chi connectivity index (χ1) is 9.50. The minimum atomic E-state index is 0.142. The van der Waals surface area contributed by atoms with Gasteiger partial charge in [-0.2, -0.15) is 0 Å². The van der Waals surface area contributed by atoms with Crippen LogP contribution in [-0.2, 0) is 12.0 Å². The van der Waals surface area contributed by atoms with Crippen molar-refractivity contribution in [2.45, 2.75) is 32.7 Å². The highest BCUT2D eigenvalue weighted by Crippen LogP contribution is 2.29. The monoisotopic (exact) mass is 269 g/mol. The second kappa shape index (κ2) is 6.00. The summed E-state index contributed by atoms with van der Waals surface area (Å²) in [6.07, 6.45) is 0. The molecule has 0 heterocycles. The van der Waals surface area contributed by atoms with Gasteiger partial charge in [-0.25, -0.2) is 0 Å². The van der Waals surface area contributed by atoms with E-state index in [2.05, 4.69) is 62.5 Å². The summed E-state index contributed by atoms with van der Waals surface area (Å²) in [6.45, 7) is 7.53. The van der Waals surface area contributed by atoms with Crippen LogP contribution in [0, 0.1) is 0 Å². The molecule has 0 fully saturated rings. The average molecular weight is 269 g/mol. The van der Waals surface area contributed by atoms with Gasteiger partial charge in [0.15, 0.2) is 0 Å². The zero-order valence-electron chi connectivity index (χ0n) is 12.7. The summed E-state index contributed by atoms with van der Waals surface area (Å²) in [5, 5.41) is 3.53. The Bertz CT molecular complexity index is 552. The highest BCUT2D eigenvalue weighted by Gasteiger charge is 2.16. The second-order valence-electron chi connectivity index (χ2n) is 6.00. The smallest absolute Gasteiger partial charge is 0.118 e. The Labute approximate surface area is 121 Å². The zero-order valence-corrected chi connectivity index (χ0v) is 12.7. The van der Waals surface area contributed by atoms with Crippen molar-refractivity contribution in [1.29, 1.82) is 0 Å². The van der Waals surface area contributed by atoms with E-state index in [9.17, 15) is 0 Å². The molecule has 2 rings (SSSR count). The Kier molecular flexibility index (Phi) is 4.33. The van der Waals surface area contributed by atoms with Crippen molar-refractivity contribution < 1.29 is 4.74 Å². The molecule has 0 atom stereocenters. The third-order valence-corrected chi connectivity index (χ3v) is 3.38. The summed E-state index contributed by atoms with van der Waals surface area (Å²) < 4.78 is 5.18. The van der Waals surface area contributed by atoms with Crippen molar-refractivity contribution >= 4 is 5.69 Å². The maximum atomic E-state index is 5.18. The summed E-state index contributed by atoms with van der Waals surface area (Å²) in [5.74, 6) is 0.892. The Morgan fingerprint density at radius 2 is 1.60 bits per heavy atom. The predicted octanol–water partition coefficient (Wildman–Crippen LogP) is 4.60. The number of benzene rings is 2. The van der Waals surface area contributed by atoms with Crippen LogP contribution in [0.5, 0.6) is 5.75 Å². The molecule has 0 unspecified atom stereocenters. The summed E-state index contributed by atoms with van der Waals surface area (Å²) >= 11 is 0. The molecule has 0 saturated heterocycles. The van der Waals surface area contributed by atoms with Crippen molar-refractivity contribution in [1.82, 2.24) is 0 Å². The van der Waals surface area contributed by atoms with Gasteiger partial charge >= 0.3 is 0 Å². The Morgan fingerprint density at radius 1 is 0.950 bits per heavy atom. The Morgan fingerprint density at radius 3 is 2.20 bits per heavy atom. The Hall–Kier alpha value is -1.96. The summed E-state index contributed by atoms with van der Waals surface area (Å²) in [4.78, 5) is 0. The molecule has 2 heteroatoms. The summed E-state index contributed by atoms with van der Waals surface area (Å²) in [7, 11) is 1.69. The molecule has 2 aromatic carbocycles. The molecular weight excluding hydrogens is 246 g/mol. The lowest BCUT2D eigenvalue weighted by Crippen LogP contribution is -2.14. The largest absolute Gasteiger partial charge is 0.497 e. The van der Waals surface area contributed by atoms with E-state index in [0.29, 0.717) is 0 Å². The van der Waals surface area contributed by atoms with Gasteiger partial charge < -0.3 is 10.1 Å². The molecule has 2 nitrogen and oxygen atoms in total. The van der Waals surface area contributed by atoms with Gasteiger partial charge in [0.05, 0.1) is 7.11 Å². The van der Waals surface area contributed by atoms with Gasteiger partial charge in [0.2, 0.25) is 0 Å². The molecule has 0 bridgehead atoms. The fraction of sp³-hybridized carbons (Fsp3) is 0.333. The van der Waals surface area contributed by atoms with Crippen LogP contribution in [0.25, 0.3) is 0 Å². The lowest BCUT2D eigenvalue weighted by molar-refractivity contribution is 0.414. The molecule has 106 valence electrons. The van der Waals surface area contributed by atoms with Gasteiger partial charge in [0.25, 0.3) is 0 Å². The van der Waals surface area contributed by atoms with Gasteiger partial charge in [-0.15, -0.1) is 0 Å². The van der Waals surface area contributed by atoms with Crippen LogP contribution in [0.15, 0.2) is 48.5 Å². The molecule has 0 aromatic heterocycles. The van der Waals surface area contributed by atoms with Gasteiger partial charge in [-0.05, 0) is 34.7 Å². The topological polar surface area (TPSA) is 21.3 Å². The molecule has 0 amide bonds. The van der Waals surface area contributed by atoms with E-state index >= 15 is 0 Å². The normalized spacial score (nSPS) is 11.2. The van der Waals surface area contributed by atoms with Crippen LogP contribution in [-0.4, -0.2) is 7.11 Å². The van der Waals surface area contributed by atoms with E-state index in [1.54, 1.807) is 7.11 Å². The van der Waals surface area contributed by atoms with E-state index in [1.165, 1.54) is 16.8 Å². The van der Waals surface area contributed by atoms with Gasteiger partial charge in [-0.3, -0.25) is 0 Å². The van der Waals surface area contributed by atoms with Crippen molar-refractivity contribution in [3.63, 3.8) is 0 Å². The molecule has 0 spiro atoms. The second-order valence-corrected chi connectivity index (χ2v) is 6.00. The quantitative estimate of drug-likeness (QED) is 0.875. The maximum absolute atomic E-state index is 5.18. The lowest BCUT2D eigenvalue weighted by Gasteiger charge is -2.23. The molecular formula is C18H23NO. The summed E-state index contributed by atoms with van der Waals surface area (Å²) in [5.41, 5.74) is 3.93. The molecule has 1 N–H and O–H groups in total. The predicted molar refractivity (Wildman–Crippen MR) is 85.5 cm³/mol. The van der Waals surface area contributed by atoms with E-state index in [-0.39, 0.29) is 5.41 Å². The first-order valence-electron chi connectivity index (χ1n) is 6.97. The van der Waals surface area contributed by atoms with Crippen LogP contribution in [0.3, 0.4) is 0 Å². The van der Waals surface area contributed by atoms with E-state index in [1.807, 2.05) is 12.1 Å². The number of rotatable bonds is 4. The van der Waals surface area contributed by atoms with Crippen molar-refractivity contribution in [2.75, 3.05) is 12.4 Å². The highest BCUT2D eigenvalue weighted by atomic mass is 16.5. The van der Waals surface area contributed by atoms with Crippen LogP contribution in [0.4, 0.5) is 5.69 Å². The fourth-order valence-corrected chi connectivity index (χ4v) is 2.23. The molecule has 0 saturated carbocycles. The molecule has 0 radical (unpaired) electrons. The fourth-order valence-electron chi connectivity index (χ4n) is 2.23. The molecule has 20 heavy (non-hydrogen) atoms. The molecule has 0 aliphatic rings. The van der Waals surface area contributed by atoms with Crippen LogP contribution in [0.2, 0.25) is 0 Å². The van der Waals surface area contributed by atoms with E-state index in [0.717, 1.165) is 12.3 Å². The minimum absolute atomic E-state index is 0.142.